The first-order valence-electron chi connectivity index (χ1n) is 12.6. The molecule has 3 aliphatic heterocycles. The summed E-state index contributed by atoms with van der Waals surface area (Å²) >= 11 is 0. The maximum atomic E-state index is 12.8. The number of anilines is 2. The quantitative estimate of drug-likeness (QED) is 0.431. The summed E-state index contributed by atoms with van der Waals surface area (Å²) in [5, 5.41) is 6.20. The molecule has 4 heterocycles. The van der Waals surface area contributed by atoms with Crippen LogP contribution in [0.4, 0.5) is 11.9 Å². The Labute approximate surface area is 214 Å². The summed E-state index contributed by atoms with van der Waals surface area (Å²) in [5.74, 6) is 1.65. The lowest BCUT2D eigenvalue weighted by Gasteiger charge is -2.47. The van der Waals surface area contributed by atoms with Gasteiger partial charge >= 0.3 is 0 Å². The number of nitrogens with zero attached hydrogens (tertiary/aromatic N) is 7. The largest absolute Gasteiger partial charge is 0.378 e. The second-order valence-corrected chi connectivity index (χ2v) is 13.8. The number of morpholine rings is 1. The SMILES string of the molecule is CCCc1nc(N2CCOCC2)nc(N(C2CCN(S(C)(=O)=O)CC2)N2CCNCC2S(C)(=O)=O)n1. The molecule has 0 radical (unpaired) electrons. The summed E-state index contributed by atoms with van der Waals surface area (Å²) in [5.41, 5.74) is 0. The average molecular weight is 547 g/mol. The van der Waals surface area contributed by atoms with Crippen molar-refractivity contribution in [1.82, 2.24) is 29.6 Å². The van der Waals surface area contributed by atoms with Crippen molar-refractivity contribution in [2.24, 2.45) is 0 Å². The highest BCUT2D eigenvalue weighted by Crippen LogP contribution is 2.28. The number of rotatable bonds is 8. The molecule has 3 saturated heterocycles. The number of hydrogen-bond donors (Lipinski definition) is 1. The number of ether oxygens (including phenoxy) is 1. The third-order valence-electron chi connectivity index (χ3n) is 6.81. The molecule has 15 heteroatoms. The van der Waals surface area contributed by atoms with Crippen LogP contribution in [0, 0.1) is 0 Å². The van der Waals surface area contributed by atoms with Crippen LogP contribution >= 0.6 is 0 Å². The average Bonchev–Trinajstić information content (AvgIpc) is 2.84. The van der Waals surface area contributed by atoms with Crippen molar-refractivity contribution >= 4 is 31.8 Å². The normalized spacial score (nSPS) is 23.6. The molecule has 1 N–H and O–H groups in total. The molecule has 3 fully saturated rings. The Hall–Kier alpha value is -1.65. The van der Waals surface area contributed by atoms with Crippen molar-refractivity contribution in [3.8, 4) is 0 Å². The summed E-state index contributed by atoms with van der Waals surface area (Å²) in [4.78, 5) is 16.5. The van der Waals surface area contributed by atoms with Crippen LogP contribution in [0.5, 0.6) is 0 Å². The number of nitrogens with one attached hydrogen (secondary N) is 1. The van der Waals surface area contributed by atoms with E-state index in [9.17, 15) is 16.8 Å². The van der Waals surface area contributed by atoms with E-state index >= 15 is 0 Å². The molecular formula is C21H38N8O5S2. The molecule has 0 bridgehead atoms. The van der Waals surface area contributed by atoms with Crippen molar-refractivity contribution in [2.75, 3.05) is 81.4 Å². The fraction of sp³-hybridized carbons (Fsp3) is 0.857. The second-order valence-electron chi connectivity index (χ2n) is 9.59. The van der Waals surface area contributed by atoms with Gasteiger partial charge in [0.15, 0.2) is 9.84 Å². The lowest BCUT2D eigenvalue weighted by molar-refractivity contribution is 0.121. The van der Waals surface area contributed by atoms with Gasteiger partial charge in [-0.15, -0.1) is 0 Å². The summed E-state index contributed by atoms with van der Waals surface area (Å²) < 4.78 is 56.8. The minimum absolute atomic E-state index is 0.153. The van der Waals surface area contributed by atoms with Crippen molar-refractivity contribution in [1.29, 1.82) is 0 Å². The monoisotopic (exact) mass is 546 g/mol. The highest BCUT2D eigenvalue weighted by Gasteiger charge is 2.40. The van der Waals surface area contributed by atoms with E-state index in [1.807, 2.05) is 10.0 Å². The number of aromatic nitrogens is 3. The number of aryl methyl sites for hydroxylation is 1. The molecule has 0 amide bonds. The van der Waals surface area contributed by atoms with Crippen LogP contribution in [-0.2, 0) is 31.0 Å². The predicted molar refractivity (Wildman–Crippen MR) is 137 cm³/mol. The lowest BCUT2D eigenvalue weighted by Crippen LogP contribution is -2.64. The summed E-state index contributed by atoms with van der Waals surface area (Å²) in [6, 6.07) is -0.153. The Kier molecular flexibility index (Phi) is 8.67. The van der Waals surface area contributed by atoms with Crippen LogP contribution in [0.2, 0.25) is 0 Å². The molecule has 0 aliphatic carbocycles. The first-order chi connectivity index (χ1) is 17.1. The van der Waals surface area contributed by atoms with Gasteiger partial charge in [-0.05, 0) is 19.3 Å². The third kappa shape index (κ3) is 6.42. The van der Waals surface area contributed by atoms with Crippen LogP contribution in [-0.4, -0.2) is 124 Å². The number of sulfone groups is 1. The molecule has 0 spiro atoms. The second kappa shape index (κ2) is 11.4. The molecule has 204 valence electrons. The zero-order chi connectivity index (χ0) is 25.9. The van der Waals surface area contributed by atoms with Crippen LogP contribution in [0.3, 0.4) is 0 Å². The molecule has 1 atom stereocenters. The van der Waals surface area contributed by atoms with Gasteiger partial charge in [-0.3, -0.25) is 5.01 Å². The number of hydrazine groups is 1. The van der Waals surface area contributed by atoms with Crippen LogP contribution in [0.15, 0.2) is 0 Å². The molecule has 0 saturated carbocycles. The number of sulfonamides is 1. The van der Waals surface area contributed by atoms with E-state index in [1.165, 1.54) is 16.8 Å². The topological polar surface area (TPSA) is 141 Å². The molecular weight excluding hydrogens is 508 g/mol. The van der Waals surface area contributed by atoms with E-state index < -0.39 is 25.2 Å². The maximum absolute atomic E-state index is 12.8. The predicted octanol–water partition coefficient (Wildman–Crippen LogP) is -0.918. The maximum Gasteiger partial charge on any atom is 0.245 e. The molecule has 4 rings (SSSR count). The summed E-state index contributed by atoms with van der Waals surface area (Å²) in [6.07, 6.45) is 5.07. The van der Waals surface area contributed by atoms with Crippen molar-refractivity contribution in [3.63, 3.8) is 0 Å². The Balaban J connectivity index is 1.75. The highest BCUT2D eigenvalue weighted by molar-refractivity contribution is 7.91. The van der Waals surface area contributed by atoms with Gasteiger partial charge in [0.05, 0.1) is 25.5 Å². The number of piperazine rings is 1. The van der Waals surface area contributed by atoms with Gasteiger partial charge in [0.2, 0.25) is 21.9 Å². The van der Waals surface area contributed by atoms with Gasteiger partial charge in [-0.1, -0.05) is 6.92 Å². The molecule has 0 aromatic carbocycles. The molecule has 1 aromatic heterocycles. The Morgan fingerprint density at radius 3 is 2.31 bits per heavy atom. The Bertz CT molecular complexity index is 1110. The van der Waals surface area contributed by atoms with Crippen molar-refractivity contribution in [3.05, 3.63) is 5.82 Å². The van der Waals surface area contributed by atoms with E-state index in [0.717, 1.165) is 6.42 Å². The molecule has 3 aliphatic rings. The van der Waals surface area contributed by atoms with Gasteiger partial charge in [0.1, 0.15) is 11.2 Å². The van der Waals surface area contributed by atoms with Gasteiger partial charge in [-0.2, -0.15) is 20.0 Å². The molecule has 36 heavy (non-hydrogen) atoms. The minimum atomic E-state index is -3.43. The minimum Gasteiger partial charge on any atom is -0.378 e. The van der Waals surface area contributed by atoms with E-state index in [2.05, 4.69) is 17.1 Å². The first kappa shape index (κ1) is 27.4. The van der Waals surface area contributed by atoms with Gasteiger partial charge in [0.25, 0.3) is 0 Å². The Morgan fingerprint density at radius 2 is 1.69 bits per heavy atom. The molecule has 13 nitrogen and oxygen atoms in total. The summed E-state index contributed by atoms with van der Waals surface area (Å²) in [6.45, 7) is 6.67. The van der Waals surface area contributed by atoms with Crippen molar-refractivity contribution < 1.29 is 21.6 Å². The van der Waals surface area contributed by atoms with Gasteiger partial charge in [0, 0.05) is 58.5 Å². The molecule has 1 aromatic rings. The lowest BCUT2D eigenvalue weighted by atomic mass is 10.1. The van der Waals surface area contributed by atoms with E-state index in [4.69, 9.17) is 19.7 Å². The number of piperidine rings is 1. The fourth-order valence-electron chi connectivity index (χ4n) is 4.93. The fourth-order valence-corrected chi connectivity index (χ4v) is 6.88. The van der Waals surface area contributed by atoms with Crippen LogP contribution in [0.1, 0.15) is 32.0 Å². The van der Waals surface area contributed by atoms with Gasteiger partial charge in [-0.25, -0.2) is 21.1 Å². The standard InChI is InChI=1S/C21H38N8O5S2/c1-4-5-18-23-20(26-12-14-34-15-13-26)25-21(24-18)29(17-6-9-27(10-7-17)36(3,32)33)28-11-8-22-16-19(28)35(2,30)31/h17,19,22H,4-16H2,1-3H3. The van der Waals surface area contributed by atoms with E-state index in [1.54, 1.807) is 0 Å². The summed E-state index contributed by atoms with van der Waals surface area (Å²) in [7, 11) is -6.73. The van der Waals surface area contributed by atoms with Crippen LogP contribution in [0.25, 0.3) is 0 Å². The van der Waals surface area contributed by atoms with E-state index in [0.29, 0.717) is 96.0 Å². The zero-order valence-electron chi connectivity index (χ0n) is 21.3. The van der Waals surface area contributed by atoms with Crippen molar-refractivity contribution in [2.45, 2.75) is 44.0 Å². The number of hydrogen-bond acceptors (Lipinski definition) is 12. The Morgan fingerprint density at radius 1 is 1.00 bits per heavy atom. The van der Waals surface area contributed by atoms with Gasteiger partial charge < -0.3 is 15.0 Å². The smallest absolute Gasteiger partial charge is 0.245 e. The molecule has 1 unspecified atom stereocenters. The highest BCUT2D eigenvalue weighted by atomic mass is 32.2. The van der Waals surface area contributed by atoms with Crippen LogP contribution < -0.4 is 15.2 Å². The third-order valence-corrected chi connectivity index (χ3v) is 9.51. The van der Waals surface area contributed by atoms with E-state index in [-0.39, 0.29) is 6.04 Å². The zero-order valence-corrected chi connectivity index (χ0v) is 23.0. The first-order valence-corrected chi connectivity index (χ1v) is 16.4.